The molecule has 0 N–H and O–H groups in total. The standard InChI is InChI=1S/C12H15NO/c1-10(9-13-7-8-13)12(14)11-5-3-2-4-6-11/h2-6,10H,7-9H2,1H3. The molecule has 0 saturated carbocycles. The lowest BCUT2D eigenvalue weighted by molar-refractivity contribution is 0.0920. The SMILES string of the molecule is CC(CN1CC1)C(=O)c1ccccc1. The lowest BCUT2D eigenvalue weighted by atomic mass is 9.99. The van der Waals surface area contributed by atoms with Gasteiger partial charge in [0.2, 0.25) is 0 Å². The van der Waals surface area contributed by atoms with Crippen LogP contribution >= 0.6 is 0 Å². The van der Waals surface area contributed by atoms with Gasteiger partial charge < -0.3 is 4.90 Å². The van der Waals surface area contributed by atoms with Crippen LogP contribution in [0.4, 0.5) is 0 Å². The van der Waals surface area contributed by atoms with Gasteiger partial charge in [-0.05, 0) is 0 Å². The van der Waals surface area contributed by atoms with E-state index in [9.17, 15) is 4.79 Å². The third kappa shape index (κ3) is 2.20. The fourth-order valence-electron chi connectivity index (χ4n) is 1.61. The summed E-state index contributed by atoms with van der Waals surface area (Å²) in [6.07, 6.45) is 0. The summed E-state index contributed by atoms with van der Waals surface area (Å²) in [5.41, 5.74) is 0.835. The van der Waals surface area contributed by atoms with E-state index in [0.717, 1.165) is 25.2 Å². The molecule has 0 amide bonds. The molecule has 0 aromatic heterocycles. The van der Waals surface area contributed by atoms with E-state index in [-0.39, 0.29) is 11.7 Å². The second-order valence-corrected chi connectivity index (χ2v) is 3.93. The quantitative estimate of drug-likeness (QED) is 0.532. The molecule has 1 aliphatic heterocycles. The Bertz CT molecular complexity index is 316. The highest BCUT2D eigenvalue weighted by atomic mass is 16.1. The fourth-order valence-corrected chi connectivity index (χ4v) is 1.61. The third-order valence-corrected chi connectivity index (χ3v) is 2.58. The Morgan fingerprint density at radius 3 is 2.57 bits per heavy atom. The van der Waals surface area contributed by atoms with Gasteiger partial charge in [0.05, 0.1) is 0 Å². The van der Waals surface area contributed by atoms with E-state index in [0.29, 0.717) is 0 Å². The molecule has 1 unspecified atom stereocenters. The van der Waals surface area contributed by atoms with E-state index in [1.54, 1.807) is 0 Å². The summed E-state index contributed by atoms with van der Waals surface area (Å²) in [4.78, 5) is 14.2. The van der Waals surface area contributed by atoms with Crippen molar-refractivity contribution in [3.05, 3.63) is 35.9 Å². The van der Waals surface area contributed by atoms with Crippen LogP contribution in [0.15, 0.2) is 30.3 Å². The van der Waals surface area contributed by atoms with E-state index in [4.69, 9.17) is 0 Å². The molecule has 0 bridgehead atoms. The van der Waals surface area contributed by atoms with Gasteiger partial charge in [0.1, 0.15) is 0 Å². The predicted octanol–water partition coefficient (Wildman–Crippen LogP) is 1.82. The van der Waals surface area contributed by atoms with Crippen molar-refractivity contribution < 1.29 is 4.79 Å². The number of ketones is 1. The van der Waals surface area contributed by atoms with Gasteiger partial charge >= 0.3 is 0 Å². The molecule has 1 saturated heterocycles. The van der Waals surface area contributed by atoms with Crippen LogP contribution in [0, 0.1) is 5.92 Å². The molecule has 1 fully saturated rings. The molecule has 0 radical (unpaired) electrons. The van der Waals surface area contributed by atoms with Crippen molar-refractivity contribution in [1.29, 1.82) is 0 Å². The summed E-state index contributed by atoms with van der Waals surface area (Å²) in [6, 6.07) is 9.54. The largest absolute Gasteiger partial charge is 0.300 e. The van der Waals surface area contributed by atoms with Crippen molar-refractivity contribution in [3.8, 4) is 0 Å². The Hall–Kier alpha value is -1.15. The van der Waals surface area contributed by atoms with Crippen molar-refractivity contribution in [3.63, 3.8) is 0 Å². The minimum absolute atomic E-state index is 0.125. The summed E-state index contributed by atoms with van der Waals surface area (Å²) < 4.78 is 0. The van der Waals surface area contributed by atoms with Crippen molar-refractivity contribution >= 4 is 5.78 Å². The summed E-state index contributed by atoms with van der Waals surface area (Å²) in [6.45, 7) is 5.24. The predicted molar refractivity (Wildman–Crippen MR) is 56.4 cm³/mol. The monoisotopic (exact) mass is 189 g/mol. The Morgan fingerprint density at radius 2 is 2.00 bits per heavy atom. The first-order chi connectivity index (χ1) is 6.77. The van der Waals surface area contributed by atoms with Gasteiger partial charge in [0, 0.05) is 31.1 Å². The zero-order valence-corrected chi connectivity index (χ0v) is 8.44. The van der Waals surface area contributed by atoms with Crippen molar-refractivity contribution in [2.45, 2.75) is 6.92 Å². The van der Waals surface area contributed by atoms with Gasteiger partial charge in [-0.1, -0.05) is 37.3 Å². The first-order valence-corrected chi connectivity index (χ1v) is 5.09. The summed E-state index contributed by atoms with van der Waals surface area (Å²) in [7, 11) is 0. The molecular formula is C12H15NO. The van der Waals surface area contributed by atoms with Crippen LogP contribution < -0.4 is 0 Å². The maximum Gasteiger partial charge on any atom is 0.166 e. The van der Waals surface area contributed by atoms with E-state index >= 15 is 0 Å². The molecule has 1 heterocycles. The first kappa shape index (κ1) is 9.41. The number of carbonyl (C=O) groups is 1. The van der Waals surface area contributed by atoms with Crippen LogP contribution in [0.2, 0.25) is 0 Å². The summed E-state index contributed by atoms with van der Waals surface area (Å²) >= 11 is 0. The highest BCUT2D eigenvalue weighted by molar-refractivity contribution is 5.97. The number of rotatable bonds is 4. The van der Waals surface area contributed by atoms with Crippen LogP contribution in [0.3, 0.4) is 0 Å². The zero-order valence-electron chi connectivity index (χ0n) is 8.44. The fraction of sp³-hybridized carbons (Fsp3) is 0.417. The van der Waals surface area contributed by atoms with Gasteiger partial charge in [-0.2, -0.15) is 0 Å². The molecule has 14 heavy (non-hydrogen) atoms. The number of carbonyl (C=O) groups excluding carboxylic acids is 1. The van der Waals surface area contributed by atoms with Gasteiger partial charge in [-0.15, -0.1) is 0 Å². The van der Waals surface area contributed by atoms with Gasteiger partial charge in [-0.25, -0.2) is 0 Å². The number of Topliss-reactive ketones (excluding diaryl/α,β-unsaturated/α-hetero) is 1. The van der Waals surface area contributed by atoms with Crippen LogP contribution in [0.25, 0.3) is 0 Å². The van der Waals surface area contributed by atoms with E-state index in [2.05, 4.69) is 4.90 Å². The van der Waals surface area contributed by atoms with Crippen LogP contribution in [-0.4, -0.2) is 30.3 Å². The molecule has 2 nitrogen and oxygen atoms in total. The molecule has 0 spiro atoms. The molecule has 0 aliphatic carbocycles. The number of hydrogen-bond donors (Lipinski definition) is 0. The molecule has 1 aromatic rings. The highest BCUT2D eigenvalue weighted by Gasteiger charge is 2.23. The average molecular weight is 189 g/mol. The summed E-state index contributed by atoms with van der Waals surface area (Å²) in [5.74, 6) is 0.386. The van der Waals surface area contributed by atoms with Crippen molar-refractivity contribution in [2.24, 2.45) is 5.92 Å². The van der Waals surface area contributed by atoms with Crippen LogP contribution in [-0.2, 0) is 0 Å². The van der Waals surface area contributed by atoms with Crippen molar-refractivity contribution in [2.75, 3.05) is 19.6 Å². The normalized spacial score (nSPS) is 17.8. The minimum atomic E-state index is 0.125. The third-order valence-electron chi connectivity index (χ3n) is 2.58. The Kier molecular flexibility index (Phi) is 2.64. The van der Waals surface area contributed by atoms with E-state index in [1.807, 2.05) is 37.3 Å². The van der Waals surface area contributed by atoms with Gasteiger partial charge in [-0.3, -0.25) is 4.79 Å². The maximum absolute atomic E-state index is 11.9. The Labute approximate surface area is 84.5 Å². The Morgan fingerprint density at radius 1 is 1.36 bits per heavy atom. The first-order valence-electron chi connectivity index (χ1n) is 5.09. The van der Waals surface area contributed by atoms with E-state index < -0.39 is 0 Å². The number of hydrogen-bond acceptors (Lipinski definition) is 2. The number of nitrogens with zero attached hydrogens (tertiary/aromatic N) is 1. The molecule has 2 rings (SSSR count). The van der Waals surface area contributed by atoms with Gasteiger partial charge in [0.15, 0.2) is 5.78 Å². The highest BCUT2D eigenvalue weighted by Crippen LogP contribution is 2.13. The summed E-state index contributed by atoms with van der Waals surface area (Å²) in [5, 5.41) is 0. The molecule has 1 atom stereocenters. The second-order valence-electron chi connectivity index (χ2n) is 3.93. The van der Waals surface area contributed by atoms with Crippen LogP contribution in [0.5, 0.6) is 0 Å². The smallest absolute Gasteiger partial charge is 0.166 e. The van der Waals surface area contributed by atoms with Crippen molar-refractivity contribution in [1.82, 2.24) is 4.90 Å². The van der Waals surface area contributed by atoms with Crippen LogP contribution in [0.1, 0.15) is 17.3 Å². The molecular weight excluding hydrogens is 174 g/mol. The molecule has 1 aliphatic rings. The maximum atomic E-state index is 11.9. The molecule has 1 aromatic carbocycles. The Balaban J connectivity index is 1.99. The lowest BCUT2D eigenvalue weighted by Gasteiger charge is -2.10. The molecule has 2 heteroatoms. The zero-order chi connectivity index (χ0) is 9.97. The average Bonchev–Trinajstić information content (AvgIpc) is 3.02. The minimum Gasteiger partial charge on any atom is -0.300 e. The van der Waals surface area contributed by atoms with Gasteiger partial charge in [0.25, 0.3) is 0 Å². The molecule has 74 valence electrons. The lowest BCUT2D eigenvalue weighted by Crippen LogP contribution is -2.19. The van der Waals surface area contributed by atoms with E-state index in [1.165, 1.54) is 0 Å². The number of benzene rings is 1. The second kappa shape index (κ2) is 3.93. The topological polar surface area (TPSA) is 20.1 Å².